The number of benzene rings is 2. The molecule has 1 amide bonds. The molecule has 0 radical (unpaired) electrons. The van der Waals surface area contributed by atoms with Gasteiger partial charge in [-0.25, -0.2) is 12.8 Å². The van der Waals surface area contributed by atoms with Gasteiger partial charge in [-0.1, -0.05) is 32.9 Å². The first-order chi connectivity index (χ1) is 13.1. The van der Waals surface area contributed by atoms with Gasteiger partial charge in [0.25, 0.3) is 0 Å². The molecular formula is C21H25FN2O3S. The predicted octanol–water partition coefficient (Wildman–Crippen LogP) is 3.92. The fraction of sp³-hybridized carbons (Fsp3) is 0.381. The molecule has 150 valence electrons. The molecule has 1 atom stereocenters. The molecule has 1 aliphatic heterocycles. The van der Waals surface area contributed by atoms with Gasteiger partial charge in [0.2, 0.25) is 15.9 Å². The molecule has 5 nitrogen and oxygen atoms in total. The first-order valence-corrected chi connectivity index (χ1v) is 10.7. The molecule has 7 heteroatoms. The van der Waals surface area contributed by atoms with E-state index in [0.717, 1.165) is 5.56 Å². The van der Waals surface area contributed by atoms with Crippen molar-refractivity contribution in [1.82, 2.24) is 4.31 Å². The molecule has 1 N–H and O–H groups in total. The predicted molar refractivity (Wildman–Crippen MR) is 107 cm³/mol. The SMILES string of the molecule is CC(C)(C)c1ccc(S(=O)(=O)N2CCC[C@@H]2C(=O)Nc2ccc(F)cc2)cc1. The zero-order valence-corrected chi connectivity index (χ0v) is 17.1. The summed E-state index contributed by atoms with van der Waals surface area (Å²) in [5.41, 5.74) is 1.40. The van der Waals surface area contributed by atoms with E-state index >= 15 is 0 Å². The van der Waals surface area contributed by atoms with Gasteiger partial charge in [-0.2, -0.15) is 4.31 Å². The lowest BCUT2D eigenvalue weighted by molar-refractivity contribution is -0.119. The van der Waals surface area contributed by atoms with Crippen LogP contribution in [-0.2, 0) is 20.2 Å². The van der Waals surface area contributed by atoms with Gasteiger partial charge in [-0.05, 0) is 60.2 Å². The molecule has 2 aromatic rings. The second-order valence-electron chi connectivity index (χ2n) is 8.04. The number of hydrogen-bond acceptors (Lipinski definition) is 3. The number of nitrogens with one attached hydrogen (secondary N) is 1. The normalized spacial score (nSPS) is 18.2. The Morgan fingerprint density at radius 1 is 1.07 bits per heavy atom. The van der Waals surface area contributed by atoms with E-state index in [1.165, 1.54) is 28.6 Å². The lowest BCUT2D eigenvalue weighted by Crippen LogP contribution is -2.43. The molecule has 1 fully saturated rings. The van der Waals surface area contributed by atoms with Gasteiger partial charge in [0.1, 0.15) is 11.9 Å². The Hall–Kier alpha value is -2.25. The average Bonchev–Trinajstić information content (AvgIpc) is 3.14. The van der Waals surface area contributed by atoms with Crippen molar-refractivity contribution in [1.29, 1.82) is 0 Å². The summed E-state index contributed by atoms with van der Waals surface area (Å²) in [6.45, 7) is 6.48. The Morgan fingerprint density at radius 3 is 2.25 bits per heavy atom. The van der Waals surface area contributed by atoms with Crippen molar-refractivity contribution in [2.45, 2.75) is 50.0 Å². The van der Waals surface area contributed by atoms with Crippen LogP contribution in [0.5, 0.6) is 0 Å². The Morgan fingerprint density at radius 2 is 1.68 bits per heavy atom. The molecule has 1 heterocycles. The standard InChI is InChI=1S/C21H25FN2O3S/c1-21(2,3)15-6-12-18(13-7-15)28(26,27)24-14-4-5-19(24)20(25)23-17-10-8-16(22)9-11-17/h6-13,19H,4-5,14H2,1-3H3,(H,23,25)/t19-/m1/s1. The number of anilines is 1. The van der Waals surface area contributed by atoms with E-state index in [4.69, 9.17) is 0 Å². The molecule has 2 aromatic carbocycles. The van der Waals surface area contributed by atoms with Crippen LogP contribution >= 0.6 is 0 Å². The van der Waals surface area contributed by atoms with E-state index in [-0.39, 0.29) is 10.3 Å². The Kier molecular flexibility index (Phi) is 5.59. The molecule has 0 aromatic heterocycles. The molecular weight excluding hydrogens is 379 g/mol. The van der Waals surface area contributed by atoms with E-state index in [1.54, 1.807) is 12.1 Å². The number of carbonyl (C=O) groups excluding carboxylic acids is 1. The highest BCUT2D eigenvalue weighted by Gasteiger charge is 2.39. The van der Waals surface area contributed by atoms with Crippen LogP contribution in [0.4, 0.5) is 10.1 Å². The Labute approximate surface area is 165 Å². The topological polar surface area (TPSA) is 66.5 Å². The van der Waals surface area contributed by atoms with Gasteiger partial charge in [-0.15, -0.1) is 0 Å². The minimum atomic E-state index is -3.78. The number of carbonyl (C=O) groups is 1. The maximum atomic E-state index is 13.1. The lowest BCUT2D eigenvalue weighted by Gasteiger charge is -2.24. The molecule has 0 spiro atoms. The van der Waals surface area contributed by atoms with E-state index in [9.17, 15) is 17.6 Å². The summed E-state index contributed by atoms with van der Waals surface area (Å²) >= 11 is 0. The molecule has 1 saturated heterocycles. The number of halogens is 1. The van der Waals surface area contributed by atoms with Crippen molar-refractivity contribution in [2.75, 3.05) is 11.9 Å². The summed E-state index contributed by atoms with van der Waals surface area (Å²) in [5, 5.41) is 2.68. The lowest BCUT2D eigenvalue weighted by atomic mass is 9.87. The number of amides is 1. The third-order valence-electron chi connectivity index (χ3n) is 4.95. The van der Waals surface area contributed by atoms with Crippen molar-refractivity contribution in [3.8, 4) is 0 Å². The molecule has 0 aliphatic carbocycles. The van der Waals surface area contributed by atoms with Gasteiger partial charge in [0.05, 0.1) is 4.90 Å². The Bertz CT molecular complexity index is 949. The van der Waals surface area contributed by atoms with Crippen LogP contribution in [0.1, 0.15) is 39.2 Å². The number of nitrogens with zero attached hydrogens (tertiary/aromatic N) is 1. The molecule has 3 rings (SSSR count). The highest BCUT2D eigenvalue weighted by atomic mass is 32.2. The van der Waals surface area contributed by atoms with Crippen LogP contribution < -0.4 is 5.32 Å². The third-order valence-corrected chi connectivity index (χ3v) is 6.87. The summed E-state index contributed by atoms with van der Waals surface area (Å²) in [6, 6.07) is 11.4. The zero-order valence-electron chi connectivity index (χ0n) is 16.3. The Balaban J connectivity index is 1.80. The third kappa shape index (κ3) is 4.25. The van der Waals surface area contributed by atoms with E-state index < -0.39 is 27.8 Å². The molecule has 28 heavy (non-hydrogen) atoms. The summed E-state index contributed by atoms with van der Waals surface area (Å²) in [5.74, 6) is -0.805. The fourth-order valence-electron chi connectivity index (χ4n) is 3.31. The summed E-state index contributed by atoms with van der Waals surface area (Å²) in [6.07, 6.45) is 1.06. The quantitative estimate of drug-likeness (QED) is 0.840. The van der Waals surface area contributed by atoms with Crippen molar-refractivity contribution in [3.05, 3.63) is 59.9 Å². The average molecular weight is 405 g/mol. The summed E-state index contributed by atoms with van der Waals surface area (Å²) in [4.78, 5) is 12.8. The number of sulfonamides is 1. The van der Waals surface area contributed by atoms with Gasteiger partial charge >= 0.3 is 0 Å². The van der Waals surface area contributed by atoms with E-state index in [1.807, 2.05) is 12.1 Å². The minimum absolute atomic E-state index is 0.0759. The highest BCUT2D eigenvalue weighted by Crippen LogP contribution is 2.29. The number of hydrogen-bond donors (Lipinski definition) is 1. The van der Waals surface area contributed by atoms with Crippen LogP contribution in [-0.4, -0.2) is 31.2 Å². The molecule has 1 aliphatic rings. The number of rotatable bonds is 4. The first kappa shape index (κ1) is 20.5. The van der Waals surface area contributed by atoms with Crippen LogP contribution in [0.15, 0.2) is 53.4 Å². The van der Waals surface area contributed by atoms with Gasteiger partial charge in [0.15, 0.2) is 0 Å². The smallest absolute Gasteiger partial charge is 0.243 e. The van der Waals surface area contributed by atoms with Crippen molar-refractivity contribution >= 4 is 21.6 Å². The van der Waals surface area contributed by atoms with Crippen molar-refractivity contribution in [3.63, 3.8) is 0 Å². The van der Waals surface area contributed by atoms with Crippen molar-refractivity contribution < 1.29 is 17.6 Å². The van der Waals surface area contributed by atoms with Crippen LogP contribution in [0.2, 0.25) is 0 Å². The van der Waals surface area contributed by atoms with Gasteiger partial charge in [0, 0.05) is 12.2 Å². The fourth-order valence-corrected chi connectivity index (χ4v) is 4.97. The largest absolute Gasteiger partial charge is 0.325 e. The molecule has 0 bridgehead atoms. The van der Waals surface area contributed by atoms with Crippen LogP contribution in [0.25, 0.3) is 0 Å². The van der Waals surface area contributed by atoms with E-state index in [2.05, 4.69) is 26.1 Å². The second kappa shape index (κ2) is 7.64. The van der Waals surface area contributed by atoms with Crippen molar-refractivity contribution in [2.24, 2.45) is 0 Å². The molecule has 0 unspecified atom stereocenters. The van der Waals surface area contributed by atoms with Gasteiger partial charge < -0.3 is 5.32 Å². The maximum Gasteiger partial charge on any atom is 0.243 e. The molecule has 0 saturated carbocycles. The van der Waals surface area contributed by atoms with Crippen LogP contribution in [0, 0.1) is 5.82 Å². The van der Waals surface area contributed by atoms with E-state index in [0.29, 0.717) is 25.1 Å². The minimum Gasteiger partial charge on any atom is -0.325 e. The highest BCUT2D eigenvalue weighted by molar-refractivity contribution is 7.89. The zero-order chi connectivity index (χ0) is 20.5. The van der Waals surface area contributed by atoms with Crippen LogP contribution in [0.3, 0.4) is 0 Å². The summed E-state index contributed by atoms with van der Waals surface area (Å²) in [7, 11) is -3.78. The first-order valence-electron chi connectivity index (χ1n) is 9.28. The van der Waals surface area contributed by atoms with Gasteiger partial charge in [-0.3, -0.25) is 4.79 Å². The maximum absolute atomic E-state index is 13.1. The summed E-state index contributed by atoms with van der Waals surface area (Å²) < 4.78 is 40.5. The monoisotopic (exact) mass is 404 g/mol. The second-order valence-corrected chi connectivity index (χ2v) is 9.93.